The van der Waals surface area contributed by atoms with E-state index in [1.54, 1.807) is 0 Å². The maximum absolute atomic E-state index is 12.0. The summed E-state index contributed by atoms with van der Waals surface area (Å²) in [4.78, 5) is 13.8. The summed E-state index contributed by atoms with van der Waals surface area (Å²) in [6.45, 7) is 11.4. The Morgan fingerprint density at radius 1 is 1.39 bits per heavy atom. The molecule has 3 heteroatoms. The fourth-order valence-electron chi connectivity index (χ4n) is 2.70. The van der Waals surface area contributed by atoms with Crippen LogP contribution in [0, 0.1) is 5.41 Å². The summed E-state index contributed by atoms with van der Waals surface area (Å²) in [6, 6.07) is 0. The molecule has 0 aromatic rings. The van der Waals surface area contributed by atoms with Gasteiger partial charge in [-0.1, -0.05) is 18.7 Å². The lowest BCUT2D eigenvalue weighted by Crippen LogP contribution is -2.44. The van der Waals surface area contributed by atoms with Crippen LogP contribution in [-0.2, 0) is 4.74 Å². The largest absolute Gasteiger partial charge is 0.444 e. The first-order chi connectivity index (χ1) is 8.32. The van der Waals surface area contributed by atoms with Crippen molar-refractivity contribution in [2.24, 2.45) is 5.41 Å². The average Bonchev–Trinajstić information content (AvgIpc) is 2.59. The van der Waals surface area contributed by atoms with Crippen LogP contribution < -0.4 is 0 Å². The lowest BCUT2D eigenvalue weighted by molar-refractivity contribution is 0.0143. The molecule has 0 radical (unpaired) electrons. The first-order valence-electron chi connectivity index (χ1n) is 6.66. The van der Waals surface area contributed by atoms with Crippen LogP contribution >= 0.6 is 0 Å². The highest BCUT2D eigenvalue weighted by atomic mass is 16.6. The molecule has 3 nitrogen and oxygen atoms in total. The highest BCUT2D eigenvalue weighted by molar-refractivity contribution is 5.68. The van der Waals surface area contributed by atoms with Crippen molar-refractivity contribution in [1.82, 2.24) is 4.90 Å². The molecule has 1 fully saturated rings. The molecule has 0 aromatic carbocycles. The van der Waals surface area contributed by atoms with Gasteiger partial charge in [0, 0.05) is 18.5 Å². The molecule has 0 saturated carbocycles. The topological polar surface area (TPSA) is 29.5 Å². The van der Waals surface area contributed by atoms with Crippen LogP contribution in [0.25, 0.3) is 0 Å². The molecule has 1 spiro atoms. The Labute approximate surface area is 109 Å². The van der Waals surface area contributed by atoms with Crippen LogP contribution in [0.2, 0.25) is 0 Å². The minimum Gasteiger partial charge on any atom is -0.444 e. The van der Waals surface area contributed by atoms with Crippen molar-refractivity contribution in [2.75, 3.05) is 13.1 Å². The van der Waals surface area contributed by atoms with E-state index < -0.39 is 5.60 Å². The lowest BCUT2D eigenvalue weighted by atomic mass is 9.74. The number of hydrogen-bond acceptors (Lipinski definition) is 2. The summed E-state index contributed by atoms with van der Waals surface area (Å²) >= 11 is 0. The number of allylic oxidation sites excluding steroid dienone is 3. The highest BCUT2D eigenvalue weighted by Crippen LogP contribution is 2.45. The van der Waals surface area contributed by atoms with Gasteiger partial charge < -0.3 is 9.64 Å². The van der Waals surface area contributed by atoms with E-state index in [4.69, 9.17) is 4.74 Å². The summed E-state index contributed by atoms with van der Waals surface area (Å²) in [5.41, 5.74) is 1.04. The fraction of sp³-hybridized carbons (Fsp3) is 0.667. The molecule has 0 atom stereocenters. The summed E-state index contributed by atoms with van der Waals surface area (Å²) in [6.07, 6.45) is 7.22. The number of carbonyl (C=O) groups is 1. The predicted octanol–water partition coefficient (Wildman–Crippen LogP) is 3.52. The minimum absolute atomic E-state index is 0.186. The van der Waals surface area contributed by atoms with Gasteiger partial charge in [-0.3, -0.25) is 0 Å². The van der Waals surface area contributed by atoms with Gasteiger partial charge in [0.2, 0.25) is 0 Å². The Kier molecular flexibility index (Phi) is 3.26. The Morgan fingerprint density at radius 2 is 2.00 bits per heavy atom. The zero-order valence-electron chi connectivity index (χ0n) is 11.7. The normalized spacial score (nSPS) is 22.6. The van der Waals surface area contributed by atoms with Crippen molar-refractivity contribution in [3.63, 3.8) is 0 Å². The summed E-state index contributed by atoms with van der Waals surface area (Å²) in [7, 11) is 0. The van der Waals surface area contributed by atoms with Crippen LogP contribution in [0.15, 0.2) is 24.3 Å². The van der Waals surface area contributed by atoms with Crippen molar-refractivity contribution in [3.05, 3.63) is 24.3 Å². The summed E-state index contributed by atoms with van der Waals surface area (Å²) in [5, 5.41) is 0. The zero-order valence-corrected chi connectivity index (χ0v) is 11.7. The third-order valence-electron chi connectivity index (χ3n) is 3.88. The van der Waals surface area contributed by atoms with E-state index in [2.05, 4.69) is 18.7 Å². The number of amides is 1. The van der Waals surface area contributed by atoms with Gasteiger partial charge in [0.05, 0.1) is 0 Å². The van der Waals surface area contributed by atoms with Crippen molar-refractivity contribution >= 4 is 6.09 Å². The van der Waals surface area contributed by atoms with Crippen molar-refractivity contribution in [1.29, 1.82) is 0 Å². The van der Waals surface area contributed by atoms with Crippen molar-refractivity contribution < 1.29 is 9.53 Å². The first kappa shape index (κ1) is 13.2. The van der Waals surface area contributed by atoms with E-state index >= 15 is 0 Å². The summed E-state index contributed by atoms with van der Waals surface area (Å²) < 4.78 is 5.40. The standard InChI is InChI=1S/C15H23NO2/c1-12-6-5-7-15(12)8-10-16(11-9-15)13(17)18-14(2,3)4/h5-6H,1,7-11H2,2-4H3. The SMILES string of the molecule is C=C1C=CCC12CCN(C(=O)OC(C)(C)C)CC2. The number of piperidine rings is 1. The summed E-state index contributed by atoms with van der Waals surface area (Å²) in [5.74, 6) is 0. The van der Waals surface area contributed by atoms with E-state index in [9.17, 15) is 4.79 Å². The molecule has 1 amide bonds. The van der Waals surface area contributed by atoms with E-state index in [-0.39, 0.29) is 11.5 Å². The maximum Gasteiger partial charge on any atom is 0.410 e. The second kappa shape index (κ2) is 4.45. The van der Waals surface area contributed by atoms with Gasteiger partial charge in [-0.15, -0.1) is 0 Å². The van der Waals surface area contributed by atoms with E-state index in [0.717, 1.165) is 32.4 Å². The maximum atomic E-state index is 12.0. The minimum atomic E-state index is -0.412. The molecular weight excluding hydrogens is 226 g/mol. The molecule has 18 heavy (non-hydrogen) atoms. The van der Waals surface area contributed by atoms with Crippen molar-refractivity contribution in [2.45, 2.75) is 45.6 Å². The van der Waals surface area contributed by atoms with Crippen molar-refractivity contribution in [3.8, 4) is 0 Å². The number of rotatable bonds is 0. The Hall–Kier alpha value is -1.25. The predicted molar refractivity (Wildman–Crippen MR) is 72.4 cm³/mol. The lowest BCUT2D eigenvalue weighted by Gasteiger charge is -2.40. The van der Waals surface area contributed by atoms with Crippen LogP contribution in [-0.4, -0.2) is 29.7 Å². The van der Waals surface area contributed by atoms with E-state index in [1.165, 1.54) is 5.57 Å². The van der Waals surface area contributed by atoms with Gasteiger partial charge in [-0.2, -0.15) is 0 Å². The zero-order chi connectivity index (χ0) is 13.4. The van der Waals surface area contributed by atoms with Crippen LogP contribution in [0.5, 0.6) is 0 Å². The number of nitrogens with zero attached hydrogens (tertiary/aromatic N) is 1. The van der Waals surface area contributed by atoms with Gasteiger partial charge in [-0.25, -0.2) is 4.79 Å². The molecular formula is C15H23NO2. The molecule has 1 aliphatic carbocycles. The Bertz CT molecular complexity index is 382. The van der Waals surface area contributed by atoms with Crippen LogP contribution in [0.3, 0.4) is 0 Å². The molecule has 1 saturated heterocycles. The average molecular weight is 249 g/mol. The molecule has 0 N–H and O–H groups in total. The number of hydrogen-bond donors (Lipinski definition) is 0. The molecule has 0 aromatic heterocycles. The second-order valence-electron chi connectivity index (χ2n) is 6.38. The second-order valence-corrected chi connectivity index (χ2v) is 6.38. The van der Waals surface area contributed by atoms with Crippen LogP contribution in [0.1, 0.15) is 40.0 Å². The highest BCUT2D eigenvalue weighted by Gasteiger charge is 2.39. The quantitative estimate of drug-likeness (QED) is 0.657. The van der Waals surface area contributed by atoms with Gasteiger partial charge in [0.25, 0.3) is 0 Å². The monoisotopic (exact) mass is 249 g/mol. The van der Waals surface area contributed by atoms with E-state index in [0.29, 0.717) is 0 Å². The Balaban J connectivity index is 1.91. The molecule has 0 bridgehead atoms. The van der Waals surface area contributed by atoms with Gasteiger partial charge in [-0.05, 0) is 45.6 Å². The molecule has 1 heterocycles. The van der Waals surface area contributed by atoms with E-state index in [1.807, 2.05) is 25.7 Å². The van der Waals surface area contributed by atoms with Gasteiger partial charge in [0.15, 0.2) is 0 Å². The molecule has 2 rings (SSSR count). The third-order valence-corrected chi connectivity index (χ3v) is 3.88. The number of ether oxygens (including phenoxy) is 1. The van der Waals surface area contributed by atoms with Crippen LogP contribution in [0.4, 0.5) is 4.79 Å². The van der Waals surface area contributed by atoms with Gasteiger partial charge >= 0.3 is 6.09 Å². The molecule has 1 aliphatic heterocycles. The molecule has 2 aliphatic rings. The first-order valence-corrected chi connectivity index (χ1v) is 6.66. The molecule has 100 valence electrons. The molecule has 0 unspecified atom stereocenters. The smallest absolute Gasteiger partial charge is 0.410 e. The fourth-order valence-corrected chi connectivity index (χ4v) is 2.70. The number of carbonyl (C=O) groups excluding carboxylic acids is 1. The van der Waals surface area contributed by atoms with Gasteiger partial charge in [0.1, 0.15) is 5.60 Å². The third kappa shape index (κ3) is 2.60. The Morgan fingerprint density at radius 3 is 2.44 bits per heavy atom. The number of likely N-dealkylation sites (tertiary alicyclic amines) is 1.